The summed E-state index contributed by atoms with van der Waals surface area (Å²) >= 11 is 0. The molecule has 0 saturated carbocycles. The van der Waals surface area contributed by atoms with Crippen molar-refractivity contribution in [2.75, 3.05) is 26.3 Å². The van der Waals surface area contributed by atoms with Crippen LogP contribution in [0.4, 0.5) is 51.8 Å². The molecule has 1 aliphatic rings. The summed E-state index contributed by atoms with van der Waals surface area (Å²) < 4.78 is 122. The minimum absolute atomic E-state index is 0. The molecule has 0 aromatic rings. The summed E-state index contributed by atoms with van der Waals surface area (Å²) in [4.78, 5) is 0. The maximum Gasteiger partial charge on any atom is 1.00 e. The SMILES string of the molecule is C1COCCN1.F[B-](F)(F)F.F[B-](F)(F)F.F[B-](F)(F)F.[H-].[K+]. The number of rotatable bonds is 0. The third kappa shape index (κ3) is 174. The van der Waals surface area contributed by atoms with Crippen LogP contribution in [0.25, 0.3) is 0 Å². The molecule has 0 radical (unpaired) electrons. The van der Waals surface area contributed by atoms with Crippen LogP contribution >= 0.6 is 0 Å². The molecule has 0 aromatic heterocycles. The van der Waals surface area contributed by atoms with Crippen molar-refractivity contribution in [2.24, 2.45) is 0 Å². The Bertz CT molecular complexity index is 178. The van der Waals surface area contributed by atoms with E-state index in [9.17, 15) is 51.8 Å². The van der Waals surface area contributed by atoms with Gasteiger partial charge < -0.3 is 63.3 Å². The van der Waals surface area contributed by atoms with Crippen LogP contribution in [-0.2, 0) is 4.74 Å². The molecule has 1 aliphatic heterocycles. The van der Waals surface area contributed by atoms with Crippen LogP contribution in [0.3, 0.4) is 0 Å². The van der Waals surface area contributed by atoms with E-state index in [1.807, 2.05) is 0 Å². The Morgan fingerprint density at radius 1 is 0.591 bits per heavy atom. The first kappa shape index (κ1) is 30.8. The van der Waals surface area contributed by atoms with Gasteiger partial charge in [-0.15, -0.1) is 0 Å². The maximum absolute atomic E-state index is 9.75. The van der Waals surface area contributed by atoms with Gasteiger partial charge in [0.05, 0.1) is 13.2 Å². The fourth-order valence-corrected chi connectivity index (χ4v) is 0.516. The van der Waals surface area contributed by atoms with Crippen molar-refractivity contribution in [3.05, 3.63) is 0 Å². The molecule has 0 spiro atoms. The van der Waals surface area contributed by atoms with Crippen LogP contribution in [0.1, 0.15) is 1.43 Å². The van der Waals surface area contributed by atoms with Crippen LogP contribution in [0.15, 0.2) is 0 Å². The summed E-state index contributed by atoms with van der Waals surface area (Å²) in [5.41, 5.74) is 0. The van der Waals surface area contributed by atoms with Gasteiger partial charge in [0.2, 0.25) is 0 Å². The van der Waals surface area contributed by atoms with Gasteiger partial charge in [-0.05, 0) is 0 Å². The van der Waals surface area contributed by atoms with E-state index in [-0.39, 0.29) is 52.8 Å². The van der Waals surface area contributed by atoms with E-state index >= 15 is 0 Å². The largest absolute Gasteiger partial charge is 1.00 e. The minimum atomic E-state index is -6.00. The average Bonchev–Trinajstić information content (AvgIpc) is 2.12. The van der Waals surface area contributed by atoms with Crippen LogP contribution in [0.5, 0.6) is 0 Å². The number of morpholine rings is 1. The summed E-state index contributed by atoms with van der Waals surface area (Å²) in [5, 5.41) is 3.16. The maximum atomic E-state index is 9.75. The van der Waals surface area contributed by atoms with E-state index in [0.29, 0.717) is 0 Å². The number of ether oxygens (including phenoxy) is 1. The molecule has 22 heavy (non-hydrogen) atoms. The average molecular weight is 388 g/mol. The molecule has 0 unspecified atom stereocenters. The van der Waals surface area contributed by atoms with Crippen LogP contribution in [0, 0.1) is 0 Å². The molecule has 1 N–H and O–H groups in total. The quantitative estimate of drug-likeness (QED) is 0.486. The summed E-state index contributed by atoms with van der Waals surface area (Å²) in [7, 11) is -18.0. The minimum Gasteiger partial charge on any atom is -1.00 e. The van der Waals surface area contributed by atoms with Crippen molar-refractivity contribution < 1.29 is 109 Å². The molecule has 1 saturated heterocycles. The zero-order valence-corrected chi connectivity index (χ0v) is 14.1. The fraction of sp³-hybridized carbons (Fsp3) is 1.00. The van der Waals surface area contributed by atoms with Crippen molar-refractivity contribution in [1.29, 1.82) is 0 Å². The van der Waals surface area contributed by atoms with E-state index < -0.39 is 21.8 Å². The molecule has 0 aliphatic carbocycles. The molecule has 2 nitrogen and oxygen atoms in total. The van der Waals surface area contributed by atoms with E-state index in [1.165, 1.54) is 0 Å². The third-order valence-electron chi connectivity index (χ3n) is 0.846. The van der Waals surface area contributed by atoms with Crippen molar-refractivity contribution >= 4 is 21.8 Å². The molecule has 1 fully saturated rings. The van der Waals surface area contributed by atoms with E-state index in [0.717, 1.165) is 26.3 Å². The van der Waals surface area contributed by atoms with Gasteiger partial charge >= 0.3 is 73.1 Å². The second-order valence-corrected chi connectivity index (χ2v) is 2.85. The second kappa shape index (κ2) is 15.4. The smallest absolute Gasteiger partial charge is 1.00 e. The topological polar surface area (TPSA) is 21.3 Å². The van der Waals surface area contributed by atoms with Gasteiger partial charge in [0, 0.05) is 13.1 Å². The summed E-state index contributed by atoms with van der Waals surface area (Å²) in [6.07, 6.45) is 0. The Kier molecular flexibility index (Phi) is 21.6. The van der Waals surface area contributed by atoms with E-state index in [4.69, 9.17) is 4.74 Å². The first-order valence-corrected chi connectivity index (χ1v) is 4.90. The molecule has 1 heterocycles. The molecule has 134 valence electrons. The Balaban J connectivity index is -0.0000000612. The van der Waals surface area contributed by atoms with Crippen molar-refractivity contribution in [3.8, 4) is 0 Å². The van der Waals surface area contributed by atoms with E-state index in [2.05, 4.69) is 5.32 Å². The first-order chi connectivity index (χ1) is 9.00. The number of hydrogen-bond acceptors (Lipinski definition) is 2. The zero-order valence-electron chi connectivity index (χ0n) is 12.0. The molecule has 1 rings (SSSR count). The number of hydrogen-bond donors (Lipinski definition) is 1. The molecular formula is C4H10B3F12KNO-3. The second-order valence-electron chi connectivity index (χ2n) is 2.85. The Morgan fingerprint density at radius 3 is 0.818 bits per heavy atom. The number of halogens is 12. The molecule has 0 atom stereocenters. The molecular weight excluding hydrogens is 378 g/mol. The van der Waals surface area contributed by atoms with Crippen molar-refractivity contribution in [3.63, 3.8) is 0 Å². The third-order valence-corrected chi connectivity index (χ3v) is 0.846. The molecule has 0 amide bonds. The van der Waals surface area contributed by atoms with Gasteiger partial charge in [0.15, 0.2) is 0 Å². The number of nitrogens with one attached hydrogen (secondary N) is 1. The van der Waals surface area contributed by atoms with Crippen LogP contribution in [-0.4, -0.2) is 48.1 Å². The van der Waals surface area contributed by atoms with Crippen LogP contribution in [0.2, 0.25) is 0 Å². The van der Waals surface area contributed by atoms with Gasteiger partial charge in [-0.3, -0.25) is 0 Å². The zero-order chi connectivity index (χ0) is 17.7. The molecule has 18 heteroatoms. The molecule has 0 bridgehead atoms. The van der Waals surface area contributed by atoms with Gasteiger partial charge in [0.25, 0.3) is 0 Å². The summed E-state index contributed by atoms with van der Waals surface area (Å²) in [5.74, 6) is 0. The molecule has 0 aromatic carbocycles. The van der Waals surface area contributed by atoms with Gasteiger partial charge in [-0.1, -0.05) is 0 Å². The predicted molar refractivity (Wildman–Crippen MR) is 55.4 cm³/mol. The summed E-state index contributed by atoms with van der Waals surface area (Å²) in [6.45, 7) is 3.83. The van der Waals surface area contributed by atoms with E-state index in [1.54, 1.807) is 0 Å². The van der Waals surface area contributed by atoms with Gasteiger partial charge in [-0.25, -0.2) is 0 Å². The Hall–Kier alpha value is 0.911. The monoisotopic (exact) mass is 388 g/mol. The first-order valence-electron chi connectivity index (χ1n) is 4.90. The van der Waals surface area contributed by atoms with Crippen molar-refractivity contribution in [1.82, 2.24) is 5.32 Å². The van der Waals surface area contributed by atoms with Gasteiger partial charge in [-0.2, -0.15) is 0 Å². The normalized spacial score (nSPS) is 14.7. The van der Waals surface area contributed by atoms with Crippen LogP contribution < -0.4 is 56.7 Å². The fourth-order valence-electron chi connectivity index (χ4n) is 0.516. The van der Waals surface area contributed by atoms with Crippen molar-refractivity contribution in [2.45, 2.75) is 0 Å². The standard InChI is InChI=1S/C4H9NO.3BF4.K.H/c1-3-6-4-2-5-1;3*2-1(3,4)5;;/h5H,1-4H2;;;;;/q;3*-1;+1;-1. The van der Waals surface area contributed by atoms with Gasteiger partial charge in [0.1, 0.15) is 0 Å². The Labute approximate surface area is 161 Å². The Morgan fingerprint density at radius 2 is 0.773 bits per heavy atom. The summed E-state index contributed by atoms with van der Waals surface area (Å²) in [6, 6.07) is 0. The predicted octanol–water partition coefficient (Wildman–Crippen LogP) is 0.623.